The van der Waals surface area contributed by atoms with Crippen molar-refractivity contribution in [2.75, 3.05) is 13.6 Å². The van der Waals surface area contributed by atoms with Crippen molar-refractivity contribution in [1.82, 2.24) is 4.90 Å². The number of hydrogen-bond donors (Lipinski definition) is 1. The van der Waals surface area contributed by atoms with Crippen molar-refractivity contribution in [3.63, 3.8) is 0 Å². The van der Waals surface area contributed by atoms with Crippen molar-refractivity contribution in [1.29, 1.82) is 0 Å². The largest absolute Gasteiger partial charge is 0.291 e. The van der Waals surface area contributed by atoms with Gasteiger partial charge >= 0.3 is 0 Å². The zero-order valence-electron chi connectivity index (χ0n) is 9.67. The molecule has 1 aliphatic heterocycles. The van der Waals surface area contributed by atoms with Crippen molar-refractivity contribution in [2.45, 2.75) is 6.92 Å². The van der Waals surface area contributed by atoms with Gasteiger partial charge in [-0.2, -0.15) is 0 Å². The van der Waals surface area contributed by atoms with E-state index in [1.54, 1.807) is 31.2 Å². The standard InChI is InChI=1S/C12H13N2O3/c1-8(13(2)17)7-14-11(15)9-5-3-4-6-10(9)12(14)16/h3-6,17H,7H2,1-2H3/q+1. The first-order chi connectivity index (χ1) is 8.02. The third kappa shape index (κ3) is 1.80. The van der Waals surface area contributed by atoms with Crippen LogP contribution >= 0.6 is 0 Å². The SMILES string of the molecule is CC(CN1C(=O)c2ccccc2C1=O)=[N+](C)O. The molecule has 2 rings (SSSR count). The van der Waals surface area contributed by atoms with Gasteiger partial charge in [-0.3, -0.25) is 19.7 Å². The normalized spacial score (nSPS) is 16.0. The smallest absolute Gasteiger partial charge is 0.262 e. The van der Waals surface area contributed by atoms with Gasteiger partial charge in [-0.05, 0) is 16.9 Å². The van der Waals surface area contributed by atoms with Crippen LogP contribution < -0.4 is 0 Å². The summed E-state index contributed by atoms with van der Waals surface area (Å²) < 4.78 is 0.906. The summed E-state index contributed by atoms with van der Waals surface area (Å²) in [6, 6.07) is 6.71. The molecule has 0 radical (unpaired) electrons. The maximum Gasteiger partial charge on any atom is 0.262 e. The summed E-state index contributed by atoms with van der Waals surface area (Å²) in [6.45, 7) is 1.75. The lowest BCUT2D eigenvalue weighted by molar-refractivity contribution is -0.755. The number of amides is 2. The minimum Gasteiger partial charge on any atom is -0.291 e. The highest BCUT2D eigenvalue weighted by Crippen LogP contribution is 2.21. The van der Waals surface area contributed by atoms with Gasteiger partial charge in [0.15, 0.2) is 7.05 Å². The lowest BCUT2D eigenvalue weighted by Crippen LogP contribution is -2.36. The number of hydroxylamine groups is 1. The van der Waals surface area contributed by atoms with Crippen LogP contribution in [0.15, 0.2) is 24.3 Å². The predicted molar refractivity (Wildman–Crippen MR) is 60.5 cm³/mol. The fourth-order valence-electron chi connectivity index (χ4n) is 1.71. The molecule has 0 unspecified atom stereocenters. The van der Waals surface area contributed by atoms with Gasteiger partial charge in [-0.25, -0.2) is 0 Å². The Hall–Kier alpha value is -2.17. The topological polar surface area (TPSA) is 60.6 Å². The average molecular weight is 233 g/mol. The Kier molecular flexibility index (Phi) is 2.67. The van der Waals surface area contributed by atoms with Crippen molar-refractivity contribution in [3.05, 3.63) is 35.4 Å². The first kappa shape index (κ1) is 11.3. The summed E-state index contributed by atoms with van der Waals surface area (Å²) in [6.07, 6.45) is 0. The number of carbonyl (C=O) groups is 2. The van der Waals surface area contributed by atoms with Gasteiger partial charge in [0.05, 0.1) is 11.1 Å². The zero-order valence-corrected chi connectivity index (χ0v) is 9.67. The van der Waals surface area contributed by atoms with Crippen molar-refractivity contribution < 1.29 is 19.5 Å². The molecule has 0 fully saturated rings. The molecule has 5 heteroatoms. The van der Waals surface area contributed by atoms with Gasteiger partial charge in [0, 0.05) is 6.92 Å². The Bertz CT molecular complexity index is 495. The second kappa shape index (κ2) is 4.01. The molecule has 1 N–H and O–H groups in total. The molecule has 1 aliphatic rings. The molecule has 0 bridgehead atoms. The molecule has 1 aromatic carbocycles. The Morgan fingerprint density at radius 2 is 1.71 bits per heavy atom. The number of carbonyl (C=O) groups excluding carboxylic acids is 2. The quantitative estimate of drug-likeness (QED) is 0.270. The number of nitrogens with zero attached hydrogens (tertiary/aromatic N) is 2. The summed E-state index contributed by atoms with van der Waals surface area (Å²) in [5.41, 5.74) is 1.37. The molecule has 2 amide bonds. The van der Waals surface area contributed by atoms with Crippen LogP contribution in [0.2, 0.25) is 0 Å². The van der Waals surface area contributed by atoms with E-state index in [4.69, 9.17) is 0 Å². The van der Waals surface area contributed by atoms with Gasteiger partial charge in [0.2, 0.25) is 5.71 Å². The van der Waals surface area contributed by atoms with Gasteiger partial charge in [-0.15, -0.1) is 0 Å². The molecule has 88 valence electrons. The Labute approximate surface area is 98.6 Å². The Balaban J connectivity index is 2.34. The predicted octanol–water partition coefficient (Wildman–Crippen LogP) is 0.775. The number of benzene rings is 1. The highest BCUT2D eigenvalue weighted by Gasteiger charge is 2.36. The Morgan fingerprint density at radius 1 is 1.24 bits per heavy atom. The highest BCUT2D eigenvalue weighted by atomic mass is 16.5. The Morgan fingerprint density at radius 3 is 2.12 bits per heavy atom. The maximum atomic E-state index is 12.0. The molecule has 0 saturated carbocycles. The number of rotatable bonds is 2. The third-order valence-corrected chi connectivity index (χ3v) is 2.82. The van der Waals surface area contributed by atoms with E-state index in [9.17, 15) is 14.8 Å². The number of hydrogen-bond acceptors (Lipinski definition) is 3. The fraction of sp³-hybridized carbons (Fsp3) is 0.250. The second-order valence-corrected chi connectivity index (χ2v) is 4.00. The van der Waals surface area contributed by atoms with Crippen LogP contribution in [0.5, 0.6) is 0 Å². The summed E-state index contributed by atoms with van der Waals surface area (Å²) in [7, 11) is 1.45. The number of fused-ring (bicyclic) bond motifs is 1. The molecule has 0 spiro atoms. The molecule has 1 aromatic rings. The molecule has 17 heavy (non-hydrogen) atoms. The van der Waals surface area contributed by atoms with Gasteiger partial charge < -0.3 is 0 Å². The fourth-order valence-corrected chi connectivity index (χ4v) is 1.71. The third-order valence-electron chi connectivity index (χ3n) is 2.82. The number of imide groups is 1. The van der Waals surface area contributed by atoms with E-state index in [1.165, 1.54) is 7.05 Å². The lowest BCUT2D eigenvalue weighted by Gasteiger charge is -2.10. The monoisotopic (exact) mass is 233 g/mol. The summed E-state index contributed by atoms with van der Waals surface area (Å²) >= 11 is 0. The molecule has 5 nitrogen and oxygen atoms in total. The first-order valence-electron chi connectivity index (χ1n) is 5.22. The van der Waals surface area contributed by atoms with E-state index >= 15 is 0 Å². The van der Waals surface area contributed by atoms with Crippen LogP contribution in [0, 0.1) is 0 Å². The van der Waals surface area contributed by atoms with Crippen molar-refractivity contribution in [3.8, 4) is 0 Å². The molecular weight excluding hydrogens is 220 g/mol. The summed E-state index contributed by atoms with van der Waals surface area (Å²) in [5.74, 6) is -0.626. The van der Waals surface area contributed by atoms with Gasteiger partial charge in [-0.1, -0.05) is 12.1 Å². The van der Waals surface area contributed by atoms with E-state index in [0.717, 1.165) is 9.64 Å². The van der Waals surface area contributed by atoms with Gasteiger partial charge in [0.25, 0.3) is 11.8 Å². The van der Waals surface area contributed by atoms with Crippen LogP contribution in [0.3, 0.4) is 0 Å². The van der Waals surface area contributed by atoms with Crippen molar-refractivity contribution >= 4 is 17.5 Å². The van der Waals surface area contributed by atoms with Crippen molar-refractivity contribution in [2.24, 2.45) is 0 Å². The van der Waals surface area contributed by atoms with Gasteiger partial charge in [0.1, 0.15) is 6.54 Å². The summed E-state index contributed by atoms with van der Waals surface area (Å²) in [5, 5.41) is 9.22. The van der Waals surface area contributed by atoms with E-state index in [2.05, 4.69) is 0 Å². The molecule has 0 aliphatic carbocycles. The van der Waals surface area contributed by atoms with Crippen LogP contribution in [-0.4, -0.2) is 46.0 Å². The average Bonchev–Trinajstić information content (AvgIpc) is 2.55. The molecule has 0 saturated heterocycles. The molecule has 1 heterocycles. The minimum absolute atomic E-state index is 0.0966. The first-order valence-corrected chi connectivity index (χ1v) is 5.22. The van der Waals surface area contributed by atoms with Crippen LogP contribution in [0.25, 0.3) is 0 Å². The summed E-state index contributed by atoms with van der Waals surface area (Å²) in [4.78, 5) is 25.0. The second-order valence-electron chi connectivity index (χ2n) is 4.00. The van der Waals surface area contributed by atoms with E-state index in [-0.39, 0.29) is 18.4 Å². The van der Waals surface area contributed by atoms with Crippen LogP contribution in [0.4, 0.5) is 0 Å². The molecular formula is C12H13N2O3+. The highest BCUT2D eigenvalue weighted by molar-refractivity contribution is 6.22. The minimum atomic E-state index is -0.313. The van der Waals surface area contributed by atoms with E-state index in [1.807, 2.05) is 0 Å². The molecule has 0 aromatic heterocycles. The van der Waals surface area contributed by atoms with E-state index < -0.39 is 0 Å². The maximum absolute atomic E-state index is 12.0. The van der Waals surface area contributed by atoms with Crippen LogP contribution in [-0.2, 0) is 0 Å². The lowest BCUT2D eigenvalue weighted by atomic mass is 10.1. The van der Waals surface area contributed by atoms with E-state index in [0.29, 0.717) is 16.8 Å². The van der Waals surface area contributed by atoms with Crippen LogP contribution in [0.1, 0.15) is 27.6 Å². The molecule has 0 atom stereocenters. The zero-order chi connectivity index (χ0) is 12.6.